The summed E-state index contributed by atoms with van der Waals surface area (Å²) in [6.07, 6.45) is -2.10. The predicted molar refractivity (Wildman–Crippen MR) is 72.1 cm³/mol. The van der Waals surface area contributed by atoms with Crippen LogP contribution >= 0.6 is 0 Å². The highest BCUT2D eigenvalue weighted by atomic mass is 16.5. The maximum Gasteiger partial charge on any atom is 0.338 e. The quantitative estimate of drug-likeness (QED) is 0.358. The first kappa shape index (κ1) is 16.0. The monoisotopic (exact) mass is 279 g/mol. The number of ether oxygens (including phenoxy) is 1. The molecule has 0 aliphatic heterocycles. The Labute approximate surface area is 116 Å². The molecule has 2 atom stereocenters. The van der Waals surface area contributed by atoms with Crippen LogP contribution in [0.3, 0.4) is 0 Å². The molecule has 1 rings (SSSR count). The Balaban J connectivity index is 2.90. The van der Waals surface area contributed by atoms with E-state index in [9.17, 15) is 15.0 Å². The topological polar surface area (TPSA) is 116 Å². The van der Waals surface area contributed by atoms with E-state index in [1.54, 1.807) is 19.1 Å². The van der Waals surface area contributed by atoms with E-state index in [0.717, 1.165) is 5.56 Å². The standard InChI is InChI=1S/C13H17N3O4/c1-8-3-4-9(7-10(8)13(19)20-2)12(18)11(17)5-6-15-16-14/h3-4,7,11-12,17-18H,5-6H2,1-2H3. The lowest BCUT2D eigenvalue weighted by atomic mass is 9.97. The van der Waals surface area contributed by atoms with Crippen molar-refractivity contribution in [2.24, 2.45) is 5.11 Å². The highest BCUT2D eigenvalue weighted by Gasteiger charge is 2.20. The summed E-state index contributed by atoms with van der Waals surface area (Å²) in [6.45, 7) is 1.84. The molecule has 0 heterocycles. The minimum absolute atomic E-state index is 0.0877. The van der Waals surface area contributed by atoms with E-state index in [4.69, 9.17) is 5.53 Å². The van der Waals surface area contributed by atoms with Crippen LogP contribution in [-0.4, -0.2) is 35.9 Å². The summed E-state index contributed by atoms with van der Waals surface area (Å²) in [6, 6.07) is 4.79. The molecule has 0 aliphatic carbocycles. The Bertz CT molecular complexity index is 526. The predicted octanol–water partition coefficient (Wildman–Crippen LogP) is 1.88. The van der Waals surface area contributed by atoms with Gasteiger partial charge in [-0.2, -0.15) is 0 Å². The molecule has 0 radical (unpaired) electrons. The van der Waals surface area contributed by atoms with Crippen LogP contribution in [0.2, 0.25) is 0 Å². The number of aliphatic hydroxyl groups is 2. The molecule has 108 valence electrons. The molecule has 2 N–H and O–H groups in total. The number of azide groups is 1. The Morgan fingerprint density at radius 2 is 2.20 bits per heavy atom. The van der Waals surface area contributed by atoms with Crippen molar-refractivity contribution in [3.05, 3.63) is 45.3 Å². The van der Waals surface area contributed by atoms with E-state index in [0.29, 0.717) is 11.1 Å². The fraction of sp³-hybridized carbons (Fsp3) is 0.462. The minimum atomic E-state index is -1.16. The number of aryl methyl sites for hydroxylation is 1. The van der Waals surface area contributed by atoms with Gasteiger partial charge in [0.2, 0.25) is 0 Å². The normalized spacial score (nSPS) is 13.2. The lowest BCUT2D eigenvalue weighted by Gasteiger charge is -2.18. The van der Waals surface area contributed by atoms with Gasteiger partial charge in [0.15, 0.2) is 0 Å². The van der Waals surface area contributed by atoms with Crippen LogP contribution in [0.5, 0.6) is 0 Å². The lowest BCUT2D eigenvalue weighted by Crippen LogP contribution is -2.19. The van der Waals surface area contributed by atoms with Crippen molar-refractivity contribution in [2.75, 3.05) is 13.7 Å². The smallest absolute Gasteiger partial charge is 0.338 e. The molecule has 1 aromatic carbocycles. The molecule has 7 nitrogen and oxygen atoms in total. The van der Waals surface area contributed by atoms with Gasteiger partial charge >= 0.3 is 5.97 Å². The molecule has 0 bridgehead atoms. The highest BCUT2D eigenvalue weighted by Crippen LogP contribution is 2.22. The van der Waals surface area contributed by atoms with Gasteiger partial charge in [-0.15, -0.1) is 0 Å². The Morgan fingerprint density at radius 1 is 1.50 bits per heavy atom. The molecule has 2 unspecified atom stereocenters. The van der Waals surface area contributed by atoms with E-state index in [2.05, 4.69) is 14.8 Å². The van der Waals surface area contributed by atoms with Gasteiger partial charge in [0.1, 0.15) is 6.10 Å². The van der Waals surface area contributed by atoms with E-state index >= 15 is 0 Å². The van der Waals surface area contributed by atoms with Gasteiger partial charge in [-0.1, -0.05) is 17.2 Å². The van der Waals surface area contributed by atoms with E-state index < -0.39 is 18.2 Å². The molecule has 0 saturated heterocycles. The largest absolute Gasteiger partial charge is 0.465 e. The van der Waals surface area contributed by atoms with Crippen molar-refractivity contribution in [1.82, 2.24) is 0 Å². The van der Waals surface area contributed by atoms with Crippen molar-refractivity contribution in [3.8, 4) is 0 Å². The van der Waals surface area contributed by atoms with Gasteiger partial charge in [-0.05, 0) is 36.1 Å². The zero-order valence-corrected chi connectivity index (χ0v) is 11.4. The number of methoxy groups -OCH3 is 1. The number of aliphatic hydroxyl groups excluding tert-OH is 2. The van der Waals surface area contributed by atoms with Gasteiger partial charge in [0.25, 0.3) is 0 Å². The van der Waals surface area contributed by atoms with Gasteiger partial charge in [-0.3, -0.25) is 0 Å². The molecular weight excluding hydrogens is 262 g/mol. The maximum atomic E-state index is 11.6. The molecule has 0 aliphatic rings. The van der Waals surface area contributed by atoms with Crippen LogP contribution in [0.1, 0.15) is 34.0 Å². The molecule has 20 heavy (non-hydrogen) atoms. The van der Waals surface area contributed by atoms with E-state index in [1.165, 1.54) is 13.2 Å². The second-order valence-corrected chi connectivity index (χ2v) is 4.32. The molecule has 0 saturated carbocycles. The highest BCUT2D eigenvalue weighted by molar-refractivity contribution is 5.91. The Kier molecular flexibility index (Phi) is 5.99. The number of rotatable bonds is 6. The van der Waals surface area contributed by atoms with Crippen LogP contribution in [0.25, 0.3) is 10.4 Å². The first-order valence-corrected chi connectivity index (χ1v) is 6.07. The molecule has 7 heteroatoms. The van der Waals surface area contributed by atoms with Gasteiger partial charge in [0, 0.05) is 11.5 Å². The summed E-state index contributed by atoms with van der Waals surface area (Å²) in [5.74, 6) is -0.500. The molecule has 0 amide bonds. The van der Waals surface area contributed by atoms with Crippen molar-refractivity contribution in [2.45, 2.75) is 25.6 Å². The minimum Gasteiger partial charge on any atom is -0.465 e. The molecule has 0 fully saturated rings. The third kappa shape index (κ3) is 3.96. The summed E-state index contributed by atoms with van der Waals surface area (Å²) < 4.78 is 4.65. The third-order valence-corrected chi connectivity index (χ3v) is 2.96. The van der Waals surface area contributed by atoms with E-state index in [1.807, 2.05) is 0 Å². The SMILES string of the molecule is COC(=O)c1cc(C(O)C(O)CCN=[N+]=[N-])ccc1C. The fourth-order valence-electron chi connectivity index (χ4n) is 1.77. The number of hydrogen-bond donors (Lipinski definition) is 2. The lowest BCUT2D eigenvalue weighted by molar-refractivity contribution is 0.0149. The third-order valence-electron chi connectivity index (χ3n) is 2.96. The maximum absolute atomic E-state index is 11.6. The van der Waals surface area contributed by atoms with Crippen molar-refractivity contribution in [3.63, 3.8) is 0 Å². The number of esters is 1. The van der Waals surface area contributed by atoms with Gasteiger partial charge < -0.3 is 14.9 Å². The number of carbonyl (C=O) groups excluding carboxylic acids is 1. The summed E-state index contributed by atoms with van der Waals surface area (Å²) in [5.41, 5.74) is 9.62. The van der Waals surface area contributed by atoms with Crippen LogP contribution in [0, 0.1) is 6.92 Å². The average Bonchev–Trinajstić information content (AvgIpc) is 2.46. The Morgan fingerprint density at radius 3 is 2.80 bits per heavy atom. The number of carbonyl (C=O) groups is 1. The fourth-order valence-corrected chi connectivity index (χ4v) is 1.77. The van der Waals surface area contributed by atoms with Crippen LogP contribution in [0.4, 0.5) is 0 Å². The van der Waals surface area contributed by atoms with Crippen molar-refractivity contribution in [1.29, 1.82) is 0 Å². The first-order valence-electron chi connectivity index (χ1n) is 6.07. The van der Waals surface area contributed by atoms with Crippen LogP contribution in [-0.2, 0) is 4.74 Å². The number of hydrogen-bond acceptors (Lipinski definition) is 5. The number of benzene rings is 1. The summed E-state index contributed by atoms with van der Waals surface area (Å²) in [4.78, 5) is 14.1. The number of nitrogens with zero attached hydrogens (tertiary/aromatic N) is 3. The second-order valence-electron chi connectivity index (χ2n) is 4.32. The van der Waals surface area contributed by atoms with Crippen LogP contribution < -0.4 is 0 Å². The molecule has 0 spiro atoms. The van der Waals surface area contributed by atoms with Crippen LogP contribution in [0.15, 0.2) is 23.3 Å². The zero-order valence-electron chi connectivity index (χ0n) is 11.4. The summed E-state index contributed by atoms with van der Waals surface area (Å²) in [5, 5.41) is 23.1. The van der Waals surface area contributed by atoms with Gasteiger partial charge in [-0.25, -0.2) is 4.79 Å². The first-order chi connectivity index (χ1) is 9.51. The second kappa shape index (κ2) is 7.49. The molecular formula is C13H17N3O4. The van der Waals surface area contributed by atoms with E-state index in [-0.39, 0.29) is 13.0 Å². The van der Waals surface area contributed by atoms with Crippen molar-refractivity contribution >= 4 is 5.97 Å². The van der Waals surface area contributed by atoms with Crippen molar-refractivity contribution < 1.29 is 19.7 Å². The summed E-state index contributed by atoms with van der Waals surface area (Å²) in [7, 11) is 1.28. The molecule has 1 aromatic rings. The summed E-state index contributed by atoms with van der Waals surface area (Å²) >= 11 is 0. The Hall–Kier alpha value is -2.08. The average molecular weight is 279 g/mol. The molecule has 0 aromatic heterocycles. The van der Waals surface area contributed by atoms with Gasteiger partial charge in [0.05, 0.1) is 18.8 Å². The zero-order chi connectivity index (χ0) is 15.1.